The second-order valence-corrected chi connectivity index (χ2v) is 4.76. The Hall–Kier alpha value is -1.01. The number of aromatic nitrogens is 1. The summed E-state index contributed by atoms with van der Waals surface area (Å²) < 4.78 is 0.896. The summed E-state index contributed by atoms with van der Waals surface area (Å²) in [7, 11) is 0. The Morgan fingerprint density at radius 1 is 1.69 bits per heavy atom. The molecule has 1 atom stereocenters. The van der Waals surface area contributed by atoms with Gasteiger partial charge in [0, 0.05) is 10.7 Å². The quantitative estimate of drug-likeness (QED) is 0.838. The van der Waals surface area contributed by atoms with Crippen molar-refractivity contribution in [3.8, 4) is 0 Å². The van der Waals surface area contributed by atoms with Crippen molar-refractivity contribution in [2.75, 3.05) is 5.32 Å². The molecule has 0 spiro atoms. The maximum Gasteiger partial charge on any atom is 0.235 e. The van der Waals surface area contributed by atoms with Crippen molar-refractivity contribution < 1.29 is 4.79 Å². The van der Waals surface area contributed by atoms with Gasteiger partial charge in [0.15, 0.2) is 0 Å². The summed E-state index contributed by atoms with van der Waals surface area (Å²) in [5, 5.41) is 2.65. The second kappa shape index (κ2) is 5.36. The summed E-state index contributed by atoms with van der Waals surface area (Å²) in [6.07, 6.45) is 1.64. The fraction of sp³-hybridized carbons (Fsp3) is 0.300. The van der Waals surface area contributed by atoms with E-state index in [0.29, 0.717) is 5.82 Å². The summed E-state index contributed by atoms with van der Waals surface area (Å²) in [5.41, 5.74) is 6.38. The zero-order valence-electron chi connectivity index (χ0n) is 8.95. The van der Waals surface area contributed by atoms with E-state index in [4.69, 9.17) is 18.0 Å². The number of anilines is 1. The molecule has 1 aromatic heterocycles. The van der Waals surface area contributed by atoms with E-state index >= 15 is 0 Å². The highest BCUT2D eigenvalue weighted by Crippen LogP contribution is 2.17. The lowest BCUT2D eigenvalue weighted by molar-refractivity contribution is -0.117. The summed E-state index contributed by atoms with van der Waals surface area (Å²) in [6, 6.07) is 1.77. The highest BCUT2D eigenvalue weighted by molar-refractivity contribution is 9.10. The van der Waals surface area contributed by atoms with E-state index in [1.54, 1.807) is 19.2 Å². The van der Waals surface area contributed by atoms with Gasteiger partial charge in [-0.1, -0.05) is 12.2 Å². The molecule has 1 unspecified atom stereocenters. The van der Waals surface area contributed by atoms with Crippen molar-refractivity contribution in [2.24, 2.45) is 11.7 Å². The van der Waals surface area contributed by atoms with Gasteiger partial charge in [0.1, 0.15) is 5.82 Å². The zero-order chi connectivity index (χ0) is 12.3. The minimum Gasteiger partial charge on any atom is -0.393 e. The molecule has 4 nitrogen and oxygen atoms in total. The van der Waals surface area contributed by atoms with Crippen molar-refractivity contribution in [1.82, 2.24) is 4.98 Å². The van der Waals surface area contributed by atoms with Gasteiger partial charge in [-0.3, -0.25) is 4.79 Å². The second-order valence-electron chi connectivity index (χ2n) is 3.43. The average molecular weight is 302 g/mol. The number of hydrogen-bond acceptors (Lipinski definition) is 3. The van der Waals surface area contributed by atoms with E-state index in [9.17, 15) is 4.79 Å². The molecule has 3 N–H and O–H groups in total. The van der Waals surface area contributed by atoms with Crippen LogP contribution in [0.3, 0.4) is 0 Å². The molecular formula is C10H12BrN3OS. The Kier molecular flexibility index (Phi) is 4.37. The molecule has 1 rings (SSSR count). The fourth-order valence-electron chi connectivity index (χ4n) is 0.971. The molecule has 1 heterocycles. The summed E-state index contributed by atoms with van der Waals surface area (Å²) in [6.45, 7) is 3.57. The number of nitrogens with one attached hydrogen (secondary N) is 1. The Morgan fingerprint density at radius 3 is 2.81 bits per heavy atom. The summed E-state index contributed by atoms with van der Waals surface area (Å²) in [4.78, 5) is 15.9. The van der Waals surface area contributed by atoms with Crippen LogP contribution in [0.4, 0.5) is 5.82 Å². The van der Waals surface area contributed by atoms with E-state index in [-0.39, 0.29) is 10.9 Å². The van der Waals surface area contributed by atoms with Crippen molar-refractivity contribution in [2.45, 2.75) is 13.8 Å². The first kappa shape index (κ1) is 13.1. The predicted molar refractivity (Wildman–Crippen MR) is 71.3 cm³/mol. The number of hydrogen-bond donors (Lipinski definition) is 2. The van der Waals surface area contributed by atoms with Crippen LogP contribution in [0, 0.1) is 12.8 Å². The molecule has 0 saturated heterocycles. The molecule has 0 fully saturated rings. The van der Waals surface area contributed by atoms with Crippen LogP contribution in [0.5, 0.6) is 0 Å². The first-order valence-electron chi connectivity index (χ1n) is 4.64. The standard InChI is InChI=1S/C10H12BrN3OS/c1-5-3-8(13-4-7(5)11)14-10(15)6(2)9(12)16/h3-4,6H,1-2H3,(H2,12,16)(H,13,14,15). The highest BCUT2D eigenvalue weighted by atomic mass is 79.9. The van der Waals surface area contributed by atoms with Gasteiger partial charge in [0.2, 0.25) is 5.91 Å². The molecule has 0 aliphatic carbocycles. The van der Waals surface area contributed by atoms with Gasteiger partial charge < -0.3 is 11.1 Å². The van der Waals surface area contributed by atoms with Gasteiger partial charge in [0.25, 0.3) is 0 Å². The van der Waals surface area contributed by atoms with Gasteiger partial charge in [0.05, 0.1) is 10.9 Å². The number of aryl methyl sites for hydroxylation is 1. The molecule has 0 aliphatic heterocycles. The van der Waals surface area contributed by atoms with Gasteiger partial charge in [-0.2, -0.15) is 0 Å². The zero-order valence-corrected chi connectivity index (χ0v) is 11.4. The third-order valence-electron chi connectivity index (χ3n) is 2.12. The topological polar surface area (TPSA) is 68.0 Å². The van der Waals surface area contributed by atoms with Crippen LogP contribution in [0.25, 0.3) is 0 Å². The minimum absolute atomic E-state index is 0.173. The van der Waals surface area contributed by atoms with Crippen molar-refractivity contribution in [3.63, 3.8) is 0 Å². The number of nitrogens with zero attached hydrogens (tertiary/aromatic N) is 1. The third kappa shape index (κ3) is 3.24. The van der Waals surface area contributed by atoms with E-state index in [0.717, 1.165) is 10.0 Å². The number of amides is 1. The summed E-state index contributed by atoms with van der Waals surface area (Å²) in [5.74, 6) is -0.253. The van der Waals surface area contributed by atoms with Crippen LogP contribution in [0.1, 0.15) is 12.5 Å². The smallest absolute Gasteiger partial charge is 0.235 e. The Labute approximate surface area is 108 Å². The van der Waals surface area contributed by atoms with Crippen molar-refractivity contribution in [3.05, 3.63) is 22.3 Å². The van der Waals surface area contributed by atoms with Crippen LogP contribution < -0.4 is 11.1 Å². The number of carbonyl (C=O) groups is 1. The molecule has 0 radical (unpaired) electrons. The normalized spacial score (nSPS) is 11.9. The van der Waals surface area contributed by atoms with E-state index in [1.807, 2.05) is 6.92 Å². The van der Waals surface area contributed by atoms with Crippen LogP contribution in [-0.2, 0) is 4.79 Å². The highest BCUT2D eigenvalue weighted by Gasteiger charge is 2.16. The number of rotatable bonds is 3. The molecule has 1 aromatic rings. The fourth-order valence-corrected chi connectivity index (χ4v) is 1.30. The lowest BCUT2D eigenvalue weighted by Crippen LogP contribution is -2.31. The molecule has 0 aromatic carbocycles. The molecule has 6 heteroatoms. The lowest BCUT2D eigenvalue weighted by Gasteiger charge is -2.10. The number of pyridine rings is 1. The number of halogens is 1. The Morgan fingerprint density at radius 2 is 2.31 bits per heavy atom. The van der Waals surface area contributed by atoms with Gasteiger partial charge >= 0.3 is 0 Å². The molecular weight excluding hydrogens is 290 g/mol. The van der Waals surface area contributed by atoms with Gasteiger partial charge in [-0.05, 0) is 41.4 Å². The molecule has 1 amide bonds. The van der Waals surface area contributed by atoms with E-state index < -0.39 is 5.92 Å². The lowest BCUT2D eigenvalue weighted by atomic mass is 10.1. The Bertz CT molecular complexity index is 436. The average Bonchev–Trinajstić information content (AvgIpc) is 2.22. The molecule has 0 aliphatic rings. The number of nitrogens with two attached hydrogens (primary N) is 1. The number of thiocarbonyl (C=S) groups is 1. The van der Waals surface area contributed by atoms with Crippen LogP contribution in [0.15, 0.2) is 16.7 Å². The van der Waals surface area contributed by atoms with E-state index in [2.05, 4.69) is 26.2 Å². The third-order valence-corrected chi connectivity index (χ3v) is 3.30. The van der Waals surface area contributed by atoms with Crippen molar-refractivity contribution >= 4 is 44.9 Å². The van der Waals surface area contributed by atoms with Crippen molar-refractivity contribution in [1.29, 1.82) is 0 Å². The molecule has 16 heavy (non-hydrogen) atoms. The van der Waals surface area contributed by atoms with Crippen LogP contribution in [-0.4, -0.2) is 15.9 Å². The van der Waals surface area contributed by atoms with Gasteiger partial charge in [-0.25, -0.2) is 4.98 Å². The monoisotopic (exact) mass is 301 g/mol. The van der Waals surface area contributed by atoms with Gasteiger partial charge in [-0.15, -0.1) is 0 Å². The number of carbonyl (C=O) groups excluding carboxylic acids is 1. The molecule has 0 saturated carbocycles. The minimum atomic E-state index is -0.499. The maximum absolute atomic E-state index is 11.6. The van der Waals surface area contributed by atoms with Crippen LogP contribution in [0.2, 0.25) is 0 Å². The summed E-state index contributed by atoms with van der Waals surface area (Å²) >= 11 is 8.08. The maximum atomic E-state index is 11.6. The first-order valence-corrected chi connectivity index (χ1v) is 5.84. The van der Waals surface area contributed by atoms with E-state index in [1.165, 1.54) is 0 Å². The predicted octanol–water partition coefficient (Wildman–Crippen LogP) is 2.01. The first-order chi connectivity index (χ1) is 7.41. The largest absolute Gasteiger partial charge is 0.393 e. The Balaban J connectivity index is 2.77. The molecule has 86 valence electrons. The SMILES string of the molecule is Cc1cc(NC(=O)C(C)C(N)=S)ncc1Br. The molecule has 0 bridgehead atoms. The van der Waals surface area contributed by atoms with Crippen LogP contribution >= 0.6 is 28.1 Å².